The molecule has 0 unspecified atom stereocenters. The third kappa shape index (κ3) is 4.92. The van der Waals surface area contributed by atoms with Gasteiger partial charge in [0.2, 0.25) is 5.91 Å². The van der Waals surface area contributed by atoms with Gasteiger partial charge < -0.3 is 14.4 Å². The van der Waals surface area contributed by atoms with Gasteiger partial charge in [0.15, 0.2) is 6.29 Å². The number of hydrogen-bond acceptors (Lipinski definition) is 5. The van der Waals surface area contributed by atoms with Crippen molar-refractivity contribution in [2.75, 3.05) is 59.0 Å². The Labute approximate surface area is 168 Å². The summed E-state index contributed by atoms with van der Waals surface area (Å²) < 4.78 is 11.3. The summed E-state index contributed by atoms with van der Waals surface area (Å²) in [7, 11) is 0. The van der Waals surface area contributed by atoms with Crippen molar-refractivity contribution in [2.45, 2.75) is 32.6 Å². The molecule has 1 amide bonds. The number of benzene rings is 1. The molecule has 1 aromatic carbocycles. The number of ether oxygens (including phenoxy) is 2. The summed E-state index contributed by atoms with van der Waals surface area (Å²) in [6.07, 6.45) is 2.10. The van der Waals surface area contributed by atoms with Gasteiger partial charge in [-0.1, -0.05) is 24.3 Å². The Hall–Kier alpha value is -1.47. The average molecular weight is 388 g/mol. The van der Waals surface area contributed by atoms with Gasteiger partial charge in [-0.2, -0.15) is 0 Å². The highest BCUT2D eigenvalue weighted by atomic mass is 16.7. The molecular weight excluding hydrogens is 354 g/mol. The zero-order chi connectivity index (χ0) is 19.3. The van der Waals surface area contributed by atoms with Gasteiger partial charge in [0.25, 0.3) is 0 Å². The molecule has 3 aliphatic heterocycles. The summed E-state index contributed by atoms with van der Waals surface area (Å²) in [5.41, 5.74) is 2.73. The quantitative estimate of drug-likeness (QED) is 0.770. The summed E-state index contributed by atoms with van der Waals surface area (Å²) in [6, 6.07) is 8.57. The van der Waals surface area contributed by atoms with Crippen LogP contribution in [0.5, 0.6) is 0 Å². The predicted octanol–water partition coefficient (Wildman–Crippen LogP) is 1.72. The smallest absolute Gasteiger partial charge is 0.236 e. The molecule has 28 heavy (non-hydrogen) atoms. The molecule has 0 aromatic heterocycles. The van der Waals surface area contributed by atoms with E-state index < -0.39 is 0 Å². The van der Waals surface area contributed by atoms with Gasteiger partial charge in [0.05, 0.1) is 19.8 Å². The third-order valence-corrected chi connectivity index (χ3v) is 6.40. The first-order valence-electron chi connectivity index (χ1n) is 10.7. The highest BCUT2D eigenvalue weighted by Crippen LogP contribution is 2.25. The van der Waals surface area contributed by atoms with Crippen LogP contribution in [-0.2, 0) is 20.8 Å². The molecule has 0 radical (unpaired) electrons. The molecule has 0 bridgehead atoms. The maximum Gasteiger partial charge on any atom is 0.236 e. The van der Waals surface area contributed by atoms with Crippen molar-refractivity contribution in [3.63, 3.8) is 0 Å². The van der Waals surface area contributed by atoms with Crippen LogP contribution in [0.4, 0.5) is 0 Å². The molecule has 6 heteroatoms. The molecule has 3 aliphatic rings. The van der Waals surface area contributed by atoms with Crippen molar-refractivity contribution in [3.8, 4) is 0 Å². The Morgan fingerprint density at radius 2 is 1.64 bits per heavy atom. The first-order chi connectivity index (χ1) is 13.7. The van der Waals surface area contributed by atoms with Gasteiger partial charge in [-0.15, -0.1) is 0 Å². The first kappa shape index (κ1) is 19.8. The Kier molecular flexibility index (Phi) is 6.62. The fraction of sp³-hybridized carbons (Fsp3) is 0.682. The second-order valence-electron chi connectivity index (χ2n) is 8.31. The number of nitrogens with zero attached hydrogens (tertiary/aromatic N) is 3. The maximum absolute atomic E-state index is 12.7. The van der Waals surface area contributed by atoms with Crippen LogP contribution in [0.25, 0.3) is 0 Å². The number of piperidine rings is 1. The van der Waals surface area contributed by atoms with Gasteiger partial charge >= 0.3 is 0 Å². The molecule has 0 atom stereocenters. The van der Waals surface area contributed by atoms with E-state index in [4.69, 9.17) is 9.47 Å². The molecule has 0 aliphatic carbocycles. The van der Waals surface area contributed by atoms with Crippen molar-refractivity contribution in [3.05, 3.63) is 35.4 Å². The summed E-state index contributed by atoms with van der Waals surface area (Å²) in [5.74, 6) is 0.765. The maximum atomic E-state index is 12.7. The molecular formula is C22H33N3O3. The lowest BCUT2D eigenvalue weighted by atomic mass is 9.96. The number of hydrogen-bond donors (Lipinski definition) is 0. The van der Waals surface area contributed by atoms with Crippen molar-refractivity contribution < 1.29 is 14.3 Å². The SMILES string of the molecule is Cc1ccccc1CN1CCN(C(=O)CN2CCC(C3OCCO3)CC2)CC1. The Morgan fingerprint density at radius 3 is 2.32 bits per heavy atom. The van der Waals surface area contributed by atoms with Crippen molar-refractivity contribution >= 4 is 5.91 Å². The predicted molar refractivity (Wildman–Crippen MR) is 108 cm³/mol. The highest BCUT2D eigenvalue weighted by Gasteiger charge is 2.31. The van der Waals surface area contributed by atoms with Gasteiger partial charge in [-0.05, 0) is 44.0 Å². The molecule has 0 saturated carbocycles. The first-order valence-corrected chi connectivity index (χ1v) is 10.7. The van der Waals surface area contributed by atoms with Crippen LogP contribution >= 0.6 is 0 Å². The fourth-order valence-electron chi connectivity index (χ4n) is 4.51. The summed E-state index contributed by atoms with van der Waals surface area (Å²) >= 11 is 0. The van der Waals surface area contributed by atoms with Gasteiger partial charge in [-0.3, -0.25) is 14.6 Å². The van der Waals surface area contributed by atoms with E-state index in [0.717, 1.165) is 71.9 Å². The van der Waals surface area contributed by atoms with Crippen LogP contribution in [0.3, 0.4) is 0 Å². The van der Waals surface area contributed by atoms with Crippen LogP contribution < -0.4 is 0 Å². The lowest BCUT2D eigenvalue weighted by Crippen LogP contribution is -2.51. The van der Waals surface area contributed by atoms with Crippen molar-refractivity contribution in [1.29, 1.82) is 0 Å². The molecule has 3 saturated heterocycles. The average Bonchev–Trinajstić information content (AvgIpc) is 3.26. The van der Waals surface area contributed by atoms with E-state index in [0.29, 0.717) is 12.5 Å². The van der Waals surface area contributed by atoms with Crippen LogP contribution in [0.1, 0.15) is 24.0 Å². The Morgan fingerprint density at radius 1 is 0.964 bits per heavy atom. The van der Waals surface area contributed by atoms with E-state index in [2.05, 4.69) is 41.0 Å². The van der Waals surface area contributed by atoms with E-state index in [1.165, 1.54) is 11.1 Å². The van der Waals surface area contributed by atoms with Crippen molar-refractivity contribution in [2.24, 2.45) is 5.92 Å². The zero-order valence-corrected chi connectivity index (χ0v) is 17.0. The third-order valence-electron chi connectivity index (χ3n) is 6.40. The normalized spacial score (nSPS) is 23.4. The second-order valence-corrected chi connectivity index (χ2v) is 8.31. The summed E-state index contributed by atoms with van der Waals surface area (Å²) in [6.45, 7) is 10.7. The van der Waals surface area contributed by atoms with Crippen molar-refractivity contribution in [1.82, 2.24) is 14.7 Å². The van der Waals surface area contributed by atoms with E-state index in [1.54, 1.807) is 0 Å². The van der Waals surface area contributed by atoms with Gasteiger partial charge in [0.1, 0.15) is 0 Å². The lowest BCUT2D eigenvalue weighted by Gasteiger charge is -2.37. The van der Waals surface area contributed by atoms with Gasteiger partial charge in [-0.25, -0.2) is 0 Å². The van der Waals surface area contributed by atoms with E-state index in [9.17, 15) is 4.79 Å². The number of carbonyl (C=O) groups is 1. The summed E-state index contributed by atoms with van der Waals surface area (Å²) in [4.78, 5) is 19.5. The van der Waals surface area contributed by atoms with Crippen LogP contribution in [0.15, 0.2) is 24.3 Å². The largest absolute Gasteiger partial charge is 0.350 e. The number of carbonyl (C=O) groups excluding carboxylic acids is 1. The van der Waals surface area contributed by atoms with Gasteiger partial charge in [0, 0.05) is 38.6 Å². The number of aryl methyl sites for hydroxylation is 1. The zero-order valence-electron chi connectivity index (χ0n) is 17.0. The van der Waals surface area contributed by atoms with Crippen LogP contribution in [0, 0.1) is 12.8 Å². The highest BCUT2D eigenvalue weighted by molar-refractivity contribution is 5.78. The van der Waals surface area contributed by atoms with Crippen LogP contribution in [-0.4, -0.2) is 85.9 Å². The molecule has 6 nitrogen and oxygen atoms in total. The standard InChI is InChI=1S/C22H33N3O3/c1-18-4-2-3-5-20(18)16-24-10-12-25(13-11-24)21(26)17-23-8-6-19(7-9-23)22-27-14-15-28-22/h2-5,19,22H,6-17H2,1H3. The molecule has 3 fully saturated rings. The Balaban J connectivity index is 1.18. The molecule has 154 valence electrons. The fourth-order valence-corrected chi connectivity index (χ4v) is 4.51. The molecule has 1 aromatic rings. The topological polar surface area (TPSA) is 45.2 Å². The minimum absolute atomic E-state index is 0.0146. The van der Waals surface area contributed by atoms with Crippen LogP contribution in [0.2, 0.25) is 0 Å². The summed E-state index contributed by atoms with van der Waals surface area (Å²) in [5, 5.41) is 0. The van der Waals surface area contributed by atoms with E-state index in [1.807, 2.05) is 4.90 Å². The number of amides is 1. The van der Waals surface area contributed by atoms with E-state index >= 15 is 0 Å². The second kappa shape index (κ2) is 9.35. The minimum atomic E-state index is -0.0146. The lowest BCUT2D eigenvalue weighted by molar-refractivity contribution is -0.135. The Bertz CT molecular complexity index is 646. The number of likely N-dealkylation sites (tertiary alicyclic amines) is 1. The minimum Gasteiger partial charge on any atom is -0.350 e. The molecule has 4 rings (SSSR count). The number of rotatable bonds is 5. The molecule has 0 N–H and O–H groups in total. The molecule has 3 heterocycles. The molecule has 0 spiro atoms. The monoisotopic (exact) mass is 387 g/mol. The van der Waals surface area contributed by atoms with E-state index in [-0.39, 0.29) is 12.2 Å². The number of piperazine rings is 1.